The highest BCUT2D eigenvalue weighted by molar-refractivity contribution is 6.21. The number of hydrogen-bond acceptors (Lipinski definition) is 6. The number of nitrogens with zero attached hydrogens (tertiary/aromatic N) is 2. The van der Waals surface area contributed by atoms with E-state index in [0.29, 0.717) is 29.0 Å². The van der Waals surface area contributed by atoms with Gasteiger partial charge in [0, 0.05) is 12.1 Å². The Hall–Kier alpha value is -3.68. The monoisotopic (exact) mass is 478 g/mol. The summed E-state index contributed by atoms with van der Waals surface area (Å²) in [6.45, 7) is 5.78. The van der Waals surface area contributed by atoms with Crippen LogP contribution in [-0.4, -0.2) is 58.8 Å². The van der Waals surface area contributed by atoms with Crippen molar-refractivity contribution in [2.75, 3.05) is 13.2 Å². The van der Waals surface area contributed by atoms with Crippen molar-refractivity contribution in [1.82, 2.24) is 9.80 Å². The number of amides is 3. The summed E-state index contributed by atoms with van der Waals surface area (Å²) >= 11 is 0. The van der Waals surface area contributed by atoms with E-state index in [0.717, 1.165) is 24.2 Å². The van der Waals surface area contributed by atoms with Gasteiger partial charge in [-0.3, -0.25) is 19.3 Å². The van der Waals surface area contributed by atoms with Crippen LogP contribution in [0.3, 0.4) is 0 Å². The van der Waals surface area contributed by atoms with Gasteiger partial charge in [0.15, 0.2) is 6.61 Å². The van der Waals surface area contributed by atoms with Gasteiger partial charge in [0.1, 0.15) is 11.3 Å². The van der Waals surface area contributed by atoms with E-state index >= 15 is 0 Å². The van der Waals surface area contributed by atoms with Crippen LogP contribution >= 0.6 is 0 Å². The molecule has 0 aliphatic carbocycles. The number of hydrogen-bond donors (Lipinski definition) is 0. The standard InChI is InChI=1S/C27H30N2O6/c1-4-34-23-13-12-19(15-28-25(31)20-10-5-6-11-21(20)26(28)32)14-22(23)27(33)35-16-24(30)29-17(2)8-7-9-18(29)3/h5-6,10-14,17-18H,4,7-9,15-16H2,1-3H3. The maximum absolute atomic E-state index is 13.0. The summed E-state index contributed by atoms with van der Waals surface area (Å²) in [5.41, 5.74) is 1.44. The third-order valence-corrected chi connectivity index (χ3v) is 6.59. The minimum absolute atomic E-state index is 0.000763. The van der Waals surface area contributed by atoms with Crippen LogP contribution in [0.2, 0.25) is 0 Å². The lowest BCUT2D eigenvalue weighted by atomic mass is 9.97. The van der Waals surface area contributed by atoms with E-state index in [9.17, 15) is 19.2 Å². The molecule has 184 valence electrons. The van der Waals surface area contributed by atoms with Crippen LogP contribution in [0.1, 0.15) is 76.7 Å². The summed E-state index contributed by atoms with van der Waals surface area (Å²) in [6.07, 6.45) is 2.93. The van der Waals surface area contributed by atoms with E-state index in [-0.39, 0.29) is 48.5 Å². The SMILES string of the molecule is CCOc1ccc(CN2C(=O)c3ccccc3C2=O)cc1C(=O)OCC(=O)N1C(C)CCCC1C. The first-order valence-electron chi connectivity index (χ1n) is 12.0. The molecule has 2 aliphatic heterocycles. The molecule has 0 spiro atoms. The molecule has 2 aromatic rings. The van der Waals surface area contributed by atoms with Gasteiger partial charge in [0.05, 0.1) is 24.3 Å². The first-order chi connectivity index (χ1) is 16.8. The molecule has 2 unspecified atom stereocenters. The summed E-state index contributed by atoms with van der Waals surface area (Å²) in [5.74, 6) is -1.35. The molecule has 0 radical (unpaired) electrons. The third kappa shape index (κ3) is 4.92. The second-order valence-corrected chi connectivity index (χ2v) is 9.01. The molecule has 2 aliphatic rings. The zero-order valence-electron chi connectivity index (χ0n) is 20.3. The number of imide groups is 1. The highest BCUT2D eigenvalue weighted by Crippen LogP contribution is 2.27. The fraction of sp³-hybridized carbons (Fsp3) is 0.407. The predicted octanol–water partition coefficient (Wildman–Crippen LogP) is 3.83. The second kappa shape index (κ2) is 10.3. The molecule has 1 fully saturated rings. The minimum atomic E-state index is -0.691. The lowest BCUT2D eigenvalue weighted by molar-refractivity contribution is -0.140. The van der Waals surface area contributed by atoms with E-state index in [1.54, 1.807) is 54.3 Å². The van der Waals surface area contributed by atoms with E-state index in [4.69, 9.17) is 9.47 Å². The third-order valence-electron chi connectivity index (χ3n) is 6.59. The van der Waals surface area contributed by atoms with Gasteiger partial charge in [0.2, 0.25) is 0 Å². The number of likely N-dealkylation sites (tertiary alicyclic amines) is 1. The maximum Gasteiger partial charge on any atom is 0.342 e. The highest BCUT2D eigenvalue weighted by Gasteiger charge is 2.35. The molecule has 0 bridgehead atoms. The average molecular weight is 479 g/mol. The smallest absolute Gasteiger partial charge is 0.342 e. The minimum Gasteiger partial charge on any atom is -0.493 e. The first kappa shape index (κ1) is 24.4. The number of ether oxygens (including phenoxy) is 2. The van der Waals surface area contributed by atoms with Gasteiger partial charge in [-0.05, 0) is 69.9 Å². The highest BCUT2D eigenvalue weighted by atomic mass is 16.5. The predicted molar refractivity (Wildman–Crippen MR) is 128 cm³/mol. The van der Waals surface area contributed by atoms with E-state index < -0.39 is 5.97 Å². The fourth-order valence-electron chi connectivity index (χ4n) is 4.87. The van der Waals surface area contributed by atoms with Crippen molar-refractivity contribution in [3.05, 3.63) is 64.7 Å². The fourth-order valence-corrected chi connectivity index (χ4v) is 4.87. The molecular weight excluding hydrogens is 448 g/mol. The average Bonchev–Trinajstić information content (AvgIpc) is 3.08. The summed E-state index contributed by atoms with van der Waals surface area (Å²) < 4.78 is 11.0. The van der Waals surface area contributed by atoms with Crippen LogP contribution in [-0.2, 0) is 16.1 Å². The van der Waals surface area contributed by atoms with Gasteiger partial charge < -0.3 is 14.4 Å². The van der Waals surface area contributed by atoms with Crippen LogP contribution in [0.4, 0.5) is 0 Å². The topological polar surface area (TPSA) is 93.2 Å². The van der Waals surface area contributed by atoms with Gasteiger partial charge in [0.25, 0.3) is 17.7 Å². The molecular formula is C27H30N2O6. The molecule has 4 rings (SSSR count). The van der Waals surface area contributed by atoms with Crippen molar-refractivity contribution in [3.8, 4) is 5.75 Å². The van der Waals surface area contributed by atoms with Crippen molar-refractivity contribution in [1.29, 1.82) is 0 Å². The van der Waals surface area contributed by atoms with E-state index in [1.807, 2.05) is 13.8 Å². The van der Waals surface area contributed by atoms with Crippen LogP contribution in [0.15, 0.2) is 42.5 Å². The van der Waals surface area contributed by atoms with E-state index in [2.05, 4.69) is 0 Å². The van der Waals surface area contributed by atoms with Crippen molar-refractivity contribution in [2.24, 2.45) is 0 Å². The zero-order chi connectivity index (χ0) is 25.1. The Balaban J connectivity index is 1.49. The van der Waals surface area contributed by atoms with Gasteiger partial charge in [-0.25, -0.2) is 4.79 Å². The Labute approximate surface area is 204 Å². The number of rotatable bonds is 7. The van der Waals surface area contributed by atoms with Crippen LogP contribution in [0, 0.1) is 0 Å². The lowest BCUT2D eigenvalue weighted by Gasteiger charge is -2.38. The number of carbonyl (C=O) groups excluding carboxylic acids is 4. The van der Waals surface area contributed by atoms with Crippen LogP contribution < -0.4 is 4.74 Å². The Morgan fingerprint density at radius 3 is 2.20 bits per heavy atom. The van der Waals surface area contributed by atoms with Gasteiger partial charge in [-0.1, -0.05) is 18.2 Å². The van der Waals surface area contributed by atoms with Crippen molar-refractivity contribution in [3.63, 3.8) is 0 Å². The Morgan fingerprint density at radius 2 is 1.60 bits per heavy atom. The van der Waals surface area contributed by atoms with Gasteiger partial charge >= 0.3 is 5.97 Å². The molecule has 2 heterocycles. The normalized spacial score (nSPS) is 19.5. The molecule has 8 nitrogen and oxygen atoms in total. The summed E-state index contributed by atoms with van der Waals surface area (Å²) in [5, 5.41) is 0. The molecule has 3 amide bonds. The largest absolute Gasteiger partial charge is 0.493 e. The number of piperidine rings is 1. The van der Waals surface area contributed by atoms with E-state index in [1.165, 1.54) is 0 Å². The Bertz CT molecular complexity index is 1120. The zero-order valence-corrected chi connectivity index (χ0v) is 20.3. The molecule has 8 heteroatoms. The second-order valence-electron chi connectivity index (χ2n) is 9.01. The number of benzene rings is 2. The molecule has 2 atom stereocenters. The quantitative estimate of drug-likeness (QED) is 0.444. The molecule has 35 heavy (non-hydrogen) atoms. The molecule has 0 aromatic heterocycles. The van der Waals surface area contributed by atoms with Gasteiger partial charge in [-0.15, -0.1) is 0 Å². The Morgan fingerprint density at radius 1 is 0.971 bits per heavy atom. The number of carbonyl (C=O) groups is 4. The molecule has 0 saturated carbocycles. The van der Waals surface area contributed by atoms with Gasteiger partial charge in [-0.2, -0.15) is 0 Å². The first-order valence-corrected chi connectivity index (χ1v) is 12.0. The summed E-state index contributed by atoms with van der Waals surface area (Å²) in [7, 11) is 0. The van der Waals surface area contributed by atoms with Crippen LogP contribution in [0.5, 0.6) is 5.75 Å². The van der Waals surface area contributed by atoms with Crippen molar-refractivity contribution >= 4 is 23.7 Å². The maximum atomic E-state index is 13.0. The Kier molecular flexibility index (Phi) is 7.19. The molecule has 1 saturated heterocycles. The molecule has 2 aromatic carbocycles. The van der Waals surface area contributed by atoms with Crippen LogP contribution in [0.25, 0.3) is 0 Å². The number of esters is 1. The van der Waals surface area contributed by atoms with Crippen molar-refractivity contribution in [2.45, 2.75) is 58.7 Å². The lowest BCUT2D eigenvalue weighted by Crippen LogP contribution is -2.49. The number of fused-ring (bicyclic) bond motifs is 1. The molecule has 0 N–H and O–H groups in total. The van der Waals surface area contributed by atoms with Crippen molar-refractivity contribution < 1.29 is 28.7 Å². The summed E-state index contributed by atoms with van der Waals surface area (Å²) in [4.78, 5) is 54.1. The summed E-state index contributed by atoms with van der Waals surface area (Å²) in [6, 6.07) is 11.7.